The van der Waals surface area contributed by atoms with Gasteiger partial charge in [-0.2, -0.15) is 5.10 Å². The third-order valence-corrected chi connectivity index (χ3v) is 6.75. The Labute approximate surface area is 191 Å². The van der Waals surface area contributed by atoms with E-state index in [2.05, 4.69) is 4.90 Å². The van der Waals surface area contributed by atoms with Crippen LogP contribution in [0.25, 0.3) is 5.65 Å². The van der Waals surface area contributed by atoms with Gasteiger partial charge >= 0.3 is 0 Å². The number of likely N-dealkylation sites (tertiary alicyclic amines) is 1. The normalized spacial score (nSPS) is 21.2. The Morgan fingerprint density at radius 3 is 2.61 bits per heavy atom. The van der Waals surface area contributed by atoms with E-state index in [0.29, 0.717) is 17.8 Å². The Kier molecular flexibility index (Phi) is 5.52. The second kappa shape index (κ2) is 8.37. The highest BCUT2D eigenvalue weighted by Crippen LogP contribution is 2.33. The van der Waals surface area contributed by atoms with Gasteiger partial charge in [-0.05, 0) is 57.2 Å². The molecule has 5 rings (SSSR count). The van der Waals surface area contributed by atoms with Crippen molar-refractivity contribution in [2.24, 2.45) is 5.73 Å². The molecule has 1 aromatic carbocycles. The van der Waals surface area contributed by atoms with Crippen LogP contribution < -0.4 is 10.6 Å². The number of anilines is 1. The lowest BCUT2D eigenvalue weighted by Gasteiger charge is -2.35. The van der Waals surface area contributed by atoms with Crippen molar-refractivity contribution in [2.75, 3.05) is 24.5 Å². The van der Waals surface area contributed by atoms with E-state index in [-0.39, 0.29) is 23.6 Å². The third-order valence-electron chi connectivity index (χ3n) is 6.75. The van der Waals surface area contributed by atoms with Gasteiger partial charge in [0.2, 0.25) is 0 Å². The summed E-state index contributed by atoms with van der Waals surface area (Å²) in [6.45, 7) is 5.83. The summed E-state index contributed by atoms with van der Waals surface area (Å²) in [7, 11) is 0. The maximum absolute atomic E-state index is 13.9. The molecule has 2 fully saturated rings. The molecule has 2 N–H and O–H groups in total. The molecule has 0 radical (unpaired) electrons. The van der Waals surface area contributed by atoms with Gasteiger partial charge in [-0.1, -0.05) is 0 Å². The molecular formula is C24H28F2N6O. The van der Waals surface area contributed by atoms with E-state index in [4.69, 9.17) is 15.8 Å². The highest BCUT2D eigenvalue weighted by Gasteiger charge is 2.32. The molecule has 2 aliphatic rings. The summed E-state index contributed by atoms with van der Waals surface area (Å²) >= 11 is 0. The van der Waals surface area contributed by atoms with Gasteiger partial charge in [-0.15, -0.1) is 0 Å². The number of nitrogens with two attached hydrogens (primary N) is 1. The fourth-order valence-electron chi connectivity index (χ4n) is 5.00. The Morgan fingerprint density at radius 1 is 1.06 bits per heavy atom. The summed E-state index contributed by atoms with van der Waals surface area (Å²) in [5.74, 6) is -1.35. The predicted molar refractivity (Wildman–Crippen MR) is 121 cm³/mol. The van der Waals surface area contributed by atoms with E-state index in [9.17, 15) is 13.6 Å². The molecule has 0 aliphatic carbocycles. The average molecular weight is 455 g/mol. The Morgan fingerprint density at radius 2 is 1.85 bits per heavy atom. The highest BCUT2D eigenvalue weighted by atomic mass is 19.2. The summed E-state index contributed by atoms with van der Waals surface area (Å²) in [4.78, 5) is 22.1. The second-order valence-electron chi connectivity index (χ2n) is 9.21. The third kappa shape index (κ3) is 3.94. The number of nitrogens with zero attached hydrogens (tertiary/aromatic N) is 5. The molecule has 2 aliphatic heterocycles. The molecule has 3 aromatic rings. The molecule has 9 heteroatoms. The Hall–Kier alpha value is -3.07. The molecule has 33 heavy (non-hydrogen) atoms. The maximum atomic E-state index is 13.9. The standard InChI is InChI=1S/C24H28F2N6O/c1-14-9-18(25)19(26)10-17(14)24(33)31-7-4-3-5-21(31)20-11-22-28-23(15(2)12-32(22)29-20)30-8-6-16(27)13-30/h9-12,16,21H,3-8,13,27H2,1-2H3. The molecule has 0 bridgehead atoms. The van der Waals surface area contributed by atoms with E-state index in [0.717, 1.165) is 68.0 Å². The van der Waals surface area contributed by atoms with Crippen molar-refractivity contribution in [3.63, 3.8) is 0 Å². The molecule has 2 atom stereocenters. The number of carbonyl (C=O) groups is 1. The molecule has 2 aromatic heterocycles. The lowest BCUT2D eigenvalue weighted by Crippen LogP contribution is -2.39. The van der Waals surface area contributed by atoms with Crippen molar-refractivity contribution >= 4 is 17.4 Å². The maximum Gasteiger partial charge on any atom is 0.254 e. The number of benzene rings is 1. The summed E-state index contributed by atoms with van der Waals surface area (Å²) in [6.07, 6.45) is 5.47. The second-order valence-corrected chi connectivity index (χ2v) is 9.21. The van der Waals surface area contributed by atoms with Crippen LogP contribution in [-0.2, 0) is 0 Å². The van der Waals surface area contributed by atoms with Crippen LogP contribution in [-0.4, -0.2) is 51.1 Å². The van der Waals surface area contributed by atoms with Gasteiger partial charge < -0.3 is 15.5 Å². The molecule has 0 spiro atoms. The quantitative estimate of drug-likeness (QED) is 0.655. The van der Waals surface area contributed by atoms with Crippen molar-refractivity contribution in [3.8, 4) is 0 Å². The van der Waals surface area contributed by atoms with E-state index in [1.807, 2.05) is 19.2 Å². The molecule has 0 saturated carbocycles. The summed E-state index contributed by atoms with van der Waals surface area (Å²) in [5, 5.41) is 4.74. The van der Waals surface area contributed by atoms with Crippen molar-refractivity contribution < 1.29 is 13.6 Å². The number of amides is 1. The van der Waals surface area contributed by atoms with Crippen molar-refractivity contribution in [3.05, 3.63) is 58.4 Å². The highest BCUT2D eigenvalue weighted by molar-refractivity contribution is 5.96. The van der Waals surface area contributed by atoms with Crippen molar-refractivity contribution in [1.82, 2.24) is 19.5 Å². The smallest absolute Gasteiger partial charge is 0.254 e. The number of piperidine rings is 1. The molecular weight excluding hydrogens is 426 g/mol. The van der Waals surface area contributed by atoms with E-state index in [1.165, 1.54) is 0 Å². The zero-order chi connectivity index (χ0) is 23.3. The molecule has 174 valence electrons. The zero-order valence-electron chi connectivity index (χ0n) is 18.9. The topological polar surface area (TPSA) is 79.8 Å². The fraction of sp³-hybridized carbons (Fsp3) is 0.458. The molecule has 7 nitrogen and oxygen atoms in total. The van der Waals surface area contributed by atoms with Crippen molar-refractivity contribution in [1.29, 1.82) is 0 Å². The predicted octanol–water partition coefficient (Wildman–Crippen LogP) is 3.53. The van der Waals surface area contributed by atoms with Gasteiger partial charge in [0.05, 0.1) is 11.7 Å². The van der Waals surface area contributed by atoms with E-state index < -0.39 is 11.6 Å². The monoisotopic (exact) mass is 454 g/mol. The lowest BCUT2D eigenvalue weighted by atomic mass is 9.97. The Balaban J connectivity index is 1.48. The van der Waals surface area contributed by atoms with Gasteiger partial charge in [0.15, 0.2) is 17.3 Å². The first-order chi connectivity index (χ1) is 15.8. The van der Waals surface area contributed by atoms with Gasteiger partial charge in [0.25, 0.3) is 5.91 Å². The first-order valence-corrected chi connectivity index (χ1v) is 11.5. The summed E-state index contributed by atoms with van der Waals surface area (Å²) in [5.41, 5.74) is 9.17. The number of aryl methyl sites for hydroxylation is 2. The number of hydrogen-bond acceptors (Lipinski definition) is 5. The Bertz CT molecular complexity index is 1230. The minimum absolute atomic E-state index is 0.157. The number of halogens is 2. The van der Waals surface area contributed by atoms with Gasteiger partial charge in [0, 0.05) is 49.1 Å². The van der Waals surface area contributed by atoms with Crippen LogP contribution in [0.4, 0.5) is 14.6 Å². The number of carbonyl (C=O) groups excluding carboxylic acids is 1. The van der Waals surface area contributed by atoms with Crippen LogP contribution in [0.3, 0.4) is 0 Å². The first-order valence-electron chi connectivity index (χ1n) is 11.5. The van der Waals surface area contributed by atoms with E-state index in [1.54, 1.807) is 16.3 Å². The average Bonchev–Trinajstić information content (AvgIpc) is 3.40. The lowest BCUT2D eigenvalue weighted by molar-refractivity contribution is 0.0604. The number of aromatic nitrogens is 3. The van der Waals surface area contributed by atoms with Crippen LogP contribution >= 0.6 is 0 Å². The SMILES string of the molecule is Cc1cc(F)c(F)cc1C(=O)N1CCCCC1c1cc2nc(N3CCC(N)C3)c(C)cn2n1. The van der Waals surface area contributed by atoms with Gasteiger partial charge in [-0.25, -0.2) is 18.3 Å². The summed E-state index contributed by atoms with van der Waals surface area (Å²) in [6, 6.07) is 3.91. The molecule has 2 unspecified atom stereocenters. The van der Waals surface area contributed by atoms with Crippen LogP contribution in [0.15, 0.2) is 24.4 Å². The van der Waals surface area contributed by atoms with E-state index >= 15 is 0 Å². The van der Waals surface area contributed by atoms with Gasteiger partial charge in [-0.3, -0.25) is 4.79 Å². The van der Waals surface area contributed by atoms with Crippen LogP contribution in [0, 0.1) is 25.5 Å². The largest absolute Gasteiger partial charge is 0.355 e. The minimum atomic E-state index is -1.01. The number of hydrogen-bond donors (Lipinski definition) is 1. The van der Waals surface area contributed by atoms with Gasteiger partial charge in [0.1, 0.15) is 5.82 Å². The molecule has 1 amide bonds. The number of fused-ring (bicyclic) bond motifs is 1. The van der Waals surface area contributed by atoms with Crippen LogP contribution in [0.2, 0.25) is 0 Å². The fourth-order valence-corrected chi connectivity index (χ4v) is 5.00. The molecule has 4 heterocycles. The molecule has 2 saturated heterocycles. The first kappa shape index (κ1) is 21.8. The minimum Gasteiger partial charge on any atom is -0.355 e. The van der Waals surface area contributed by atoms with Crippen LogP contribution in [0.1, 0.15) is 58.9 Å². The van der Waals surface area contributed by atoms with Crippen molar-refractivity contribution in [2.45, 2.75) is 51.6 Å². The summed E-state index contributed by atoms with van der Waals surface area (Å²) < 4.78 is 29.2. The van der Waals surface area contributed by atoms with Crippen LogP contribution in [0.5, 0.6) is 0 Å². The zero-order valence-corrected chi connectivity index (χ0v) is 18.9. The number of rotatable bonds is 3.